The van der Waals surface area contributed by atoms with E-state index in [-0.39, 0.29) is 0 Å². The number of hydrogen-bond donors (Lipinski definition) is 1. The number of alkyl halides is 3. The van der Waals surface area contributed by atoms with Gasteiger partial charge in [0.05, 0.1) is 23.0 Å². The van der Waals surface area contributed by atoms with Gasteiger partial charge in [0.1, 0.15) is 0 Å². The molecule has 1 N–H and O–H groups in total. The lowest BCUT2D eigenvalue weighted by molar-refractivity contribution is -0.138. The number of aromatic hydroxyl groups is 1. The molecule has 5 nitrogen and oxygen atoms in total. The summed E-state index contributed by atoms with van der Waals surface area (Å²) in [7, 11) is 0. The zero-order chi connectivity index (χ0) is 15.9. The third-order valence-electron chi connectivity index (χ3n) is 2.66. The Labute approximate surface area is 119 Å². The van der Waals surface area contributed by atoms with Crippen LogP contribution in [0.1, 0.15) is 11.1 Å². The highest BCUT2D eigenvalue weighted by molar-refractivity contribution is 6.30. The number of nitrogens with zero attached hydrogens (tertiary/aromatic N) is 3. The predicted octanol–water partition coefficient (Wildman–Crippen LogP) is 2.45. The number of rotatable bonds is 1. The van der Waals surface area contributed by atoms with Gasteiger partial charge in [0, 0.05) is 5.56 Å². The van der Waals surface area contributed by atoms with Crippen LogP contribution in [0.2, 0.25) is 5.02 Å². The van der Waals surface area contributed by atoms with Crippen LogP contribution in [0.3, 0.4) is 0 Å². The second kappa shape index (κ2) is 4.99. The second-order valence-corrected chi connectivity index (χ2v) is 4.40. The first-order valence-corrected chi connectivity index (χ1v) is 5.72. The summed E-state index contributed by atoms with van der Waals surface area (Å²) >= 11 is 5.38. The Kier molecular flexibility index (Phi) is 3.62. The predicted molar refractivity (Wildman–Crippen MR) is 64.0 cm³/mol. The van der Waals surface area contributed by atoms with Crippen LogP contribution in [0.5, 0.6) is 5.75 Å². The Balaban J connectivity index is 2.71. The summed E-state index contributed by atoms with van der Waals surface area (Å²) in [4.78, 5) is 15.4. The molecule has 2 aromatic rings. The number of pyridine rings is 1. The maximum atomic E-state index is 13.4. The molecule has 0 saturated heterocycles. The van der Waals surface area contributed by atoms with Crippen molar-refractivity contribution < 1.29 is 22.7 Å². The molecule has 2 aromatic heterocycles. The van der Waals surface area contributed by atoms with E-state index in [2.05, 4.69) is 10.1 Å². The lowest BCUT2D eigenvalue weighted by Gasteiger charge is -2.12. The van der Waals surface area contributed by atoms with Crippen LogP contribution in [0.4, 0.5) is 17.6 Å². The maximum absolute atomic E-state index is 13.4. The Morgan fingerprint density at radius 2 is 1.95 bits per heavy atom. The topological polar surface area (TPSA) is 68.0 Å². The molecule has 112 valence electrons. The van der Waals surface area contributed by atoms with Gasteiger partial charge in [-0.25, -0.2) is 9.37 Å². The van der Waals surface area contributed by atoms with E-state index in [1.54, 1.807) is 0 Å². The normalized spacial score (nSPS) is 11.7. The molecular formula is C11H6ClF4N3O2. The summed E-state index contributed by atoms with van der Waals surface area (Å²) in [5.74, 6) is -3.00. The van der Waals surface area contributed by atoms with Gasteiger partial charge < -0.3 is 5.11 Å². The largest absolute Gasteiger partial charge is 0.502 e. The summed E-state index contributed by atoms with van der Waals surface area (Å²) in [6.07, 6.45) is -3.56. The Hall–Kier alpha value is -2.16. The standard InChI is InChI=1S/C11H6ClF4N3O2/c1-4-5(11(14,15)16)2-18-19(10(4)21)9-8(20)7(13)6(12)3-17-9/h2-3,20H,1H3. The van der Waals surface area contributed by atoms with Crippen molar-refractivity contribution in [3.8, 4) is 11.6 Å². The Morgan fingerprint density at radius 1 is 1.33 bits per heavy atom. The fourth-order valence-corrected chi connectivity index (χ4v) is 1.72. The molecule has 0 saturated carbocycles. The first-order chi connectivity index (χ1) is 9.64. The minimum Gasteiger partial charge on any atom is -0.502 e. The van der Waals surface area contributed by atoms with Gasteiger partial charge in [-0.2, -0.15) is 23.0 Å². The molecule has 0 radical (unpaired) electrons. The highest BCUT2D eigenvalue weighted by Crippen LogP contribution is 2.31. The third kappa shape index (κ3) is 2.56. The van der Waals surface area contributed by atoms with Crippen LogP contribution in [0.15, 0.2) is 17.2 Å². The first kappa shape index (κ1) is 15.2. The maximum Gasteiger partial charge on any atom is 0.418 e. The van der Waals surface area contributed by atoms with Gasteiger partial charge in [-0.3, -0.25) is 4.79 Å². The molecule has 0 aliphatic carbocycles. The molecule has 0 aliphatic rings. The molecular weight excluding hydrogens is 318 g/mol. The minimum atomic E-state index is -4.75. The summed E-state index contributed by atoms with van der Waals surface area (Å²) in [6.45, 7) is 0.937. The lowest BCUT2D eigenvalue weighted by Crippen LogP contribution is -2.28. The zero-order valence-corrected chi connectivity index (χ0v) is 11.0. The van der Waals surface area contributed by atoms with Crippen molar-refractivity contribution in [2.75, 3.05) is 0 Å². The van der Waals surface area contributed by atoms with Gasteiger partial charge in [-0.1, -0.05) is 11.6 Å². The van der Waals surface area contributed by atoms with Crippen LogP contribution in [-0.2, 0) is 6.18 Å². The van der Waals surface area contributed by atoms with Crippen molar-refractivity contribution in [1.29, 1.82) is 0 Å². The molecule has 0 atom stereocenters. The van der Waals surface area contributed by atoms with E-state index >= 15 is 0 Å². The van der Waals surface area contributed by atoms with Crippen molar-refractivity contribution in [3.63, 3.8) is 0 Å². The van der Waals surface area contributed by atoms with Crippen LogP contribution in [-0.4, -0.2) is 19.9 Å². The van der Waals surface area contributed by atoms with Gasteiger partial charge in [0.15, 0.2) is 11.6 Å². The monoisotopic (exact) mass is 323 g/mol. The number of halogens is 5. The minimum absolute atomic E-state index is 0.360. The second-order valence-electron chi connectivity index (χ2n) is 3.99. The van der Waals surface area contributed by atoms with E-state index in [9.17, 15) is 27.5 Å². The van der Waals surface area contributed by atoms with Gasteiger partial charge in [0.25, 0.3) is 5.56 Å². The van der Waals surface area contributed by atoms with E-state index in [1.165, 1.54) is 0 Å². The molecule has 0 aromatic carbocycles. The van der Waals surface area contributed by atoms with E-state index in [1.807, 2.05) is 0 Å². The highest BCUT2D eigenvalue weighted by Gasteiger charge is 2.34. The van der Waals surface area contributed by atoms with Crippen LogP contribution in [0.25, 0.3) is 5.82 Å². The molecule has 0 aliphatic heterocycles. The molecule has 0 bridgehead atoms. The van der Waals surface area contributed by atoms with E-state index in [0.717, 1.165) is 13.1 Å². The Morgan fingerprint density at radius 3 is 2.52 bits per heavy atom. The van der Waals surface area contributed by atoms with Crippen molar-refractivity contribution in [2.24, 2.45) is 0 Å². The molecule has 0 fully saturated rings. The van der Waals surface area contributed by atoms with Crippen molar-refractivity contribution in [3.05, 3.63) is 44.7 Å². The fourth-order valence-electron chi connectivity index (χ4n) is 1.58. The SMILES string of the molecule is Cc1c(C(F)(F)F)cnn(-c2ncc(Cl)c(F)c2O)c1=O. The summed E-state index contributed by atoms with van der Waals surface area (Å²) in [6, 6.07) is 0. The van der Waals surface area contributed by atoms with Crippen molar-refractivity contribution in [2.45, 2.75) is 13.1 Å². The zero-order valence-electron chi connectivity index (χ0n) is 10.2. The third-order valence-corrected chi connectivity index (χ3v) is 2.92. The van der Waals surface area contributed by atoms with Crippen molar-refractivity contribution in [1.82, 2.24) is 14.8 Å². The van der Waals surface area contributed by atoms with Crippen molar-refractivity contribution >= 4 is 11.6 Å². The van der Waals surface area contributed by atoms with Gasteiger partial charge in [0.2, 0.25) is 5.82 Å². The molecule has 0 spiro atoms. The number of aromatic nitrogens is 3. The van der Waals surface area contributed by atoms with E-state index in [4.69, 9.17) is 11.6 Å². The lowest BCUT2D eigenvalue weighted by atomic mass is 10.2. The quantitative estimate of drug-likeness (QED) is 0.819. The molecule has 10 heteroatoms. The molecule has 21 heavy (non-hydrogen) atoms. The molecule has 2 heterocycles. The van der Waals surface area contributed by atoms with Crippen LogP contribution >= 0.6 is 11.6 Å². The van der Waals surface area contributed by atoms with Gasteiger partial charge >= 0.3 is 6.18 Å². The highest BCUT2D eigenvalue weighted by atomic mass is 35.5. The molecule has 2 rings (SSSR count). The van der Waals surface area contributed by atoms with Gasteiger partial charge in [-0.05, 0) is 6.92 Å². The fraction of sp³-hybridized carbons (Fsp3) is 0.182. The summed E-state index contributed by atoms with van der Waals surface area (Å²) < 4.78 is 51.7. The van der Waals surface area contributed by atoms with Gasteiger partial charge in [-0.15, -0.1) is 0 Å². The van der Waals surface area contributed by atoms with E-state index < -0.39 is 45.3 Å². The average Bonchev–Trinajstić information content (AvgIpc) is 2.39. The average molecular weight is 324 g/mol. The summed E-state index contributed by atoms with van der Waals surface area (Å²) in [5, 5.41) is 12.3. The van der Waals surface area contributed by atoms with E-state index in [0.29, 0.717) is 10.9 Å². The smallest absolute Gasteiger partial charge is 0.418 e. The van der Waals surface area contributed by atoms with Crippen LogP contribution < -0.4 is 5.56 Å². The molecule has 0 unspecified atom stereocenters. The first-order valence-electron chi connectivity index (χ1n) is 5.34. The number of hydrogen-bond acceptors (Lipinski definition) is 4. The Bertz CT molecular complexity index is 773. The van der Waals surface area contributed by atoms with Crippen LogP contribution in [0, 0.1) is 12.7 Å². The summed E-state index contributed by atoms with van der Waals surface area (Å²) in [5.41, 5.74) is -3.07. The molecule has 0 amide bonds.